The zero-order valence-electron chi connectivity index (χ0n) is 35.0. The van der Waals surface area contributed by atoms with Crippen LogP contribution >= 0.6 is 37.9 Å². The Kier molecular flexibility index (Phi) is 23.1. The Balaban J connectivity index is 5.92. The summed E-state index contributed by atoms with van der Waals surface area (Å²) in [5.41, 5.74) is -4.81. The molecule has 0 rings (SSSR count). The quantitative estimate of drug-likeness (QED) is 0.0580. The van der Waals surface area contributed by atoms with E-state index in [1.807, 2.05) is 41.5 Å². The predicted molar refractivity (Wildman–Crippen MR) is 222 cm³/mol. The monoisotopic (exact) mass is 796 g/mol. The molecule has 0 unspecified atom stereocenters. The van der Waals surface area contributed by atoms with Crippen LogP contribution in [0.15, 0.2) is 0 Å². The molecule has 0 saturated carbocycles. The van der Waals surface area contributed by atoms with Crippen molar-refractivity contribution in [1.82, 2.24) is 0 Å². The van der Waals surface area contributed by atoms with Crippen LogP contribution in [-0.2, 0) is 42.8 Å². The Morgan fingerprint density at radius 1 is 0.423 bits per heavy atom. The van der Waals surface area contributed by atoms with Crippen LogP contribution < -0.4 is 0 Å². The highest BCUT2D eigenvalue weighted by Crippen LogP contribution is 2.34. The zero-order chi connectivity index (χ0) is 40.5. The molecular formula is C40H76O9S3. The number of ketones is 3. The first-order chi connectivity index (χ1) is 23.7. The van der Waals surface area contributed by atoms with Gasteiger partial charge in [-0.25, -0.2) is 0 Å². The lowest BCUT2D eigenvalue weighted by atomic mass is 9.84. The summed E-state index contributed by atoms with van der Waals surface area (Å²) < 4.78 is 38.1. The van der Waals surface area contributed by atoms with Crippen LogP contribution in [0.5, 0.6) is 0 Å². The molecule has 0 heterocycles. The van der Waals surface area contributed by atoms with Crippen molar-refractivity contribution in [2.45, 2.75) is 175 Å². The fourth-order valence-electron chi connectivity index (χ4n) is 5.24. The molecule has 9 nitrogen and oxygen atoms in total. The first kappa shape index (κ1) is 51.8. The van der Waals surface area contributed by atoms with Crippen molar-refractivity contribution < 1.29 is 42.8 Å². The van der Waals surface area contributed by atoms with Crippen LogP contribution in [-0.4, -0.2) is 108 Å². The maximum Gasteiger partial charge on any atom is 0.164 e. The Morgan fingerprint density at radius 2 is 0.673 bits per heavy atom. The molecule has 0 aliphatic heterocycles. The van der Waals surface area contributed by atoms with Crippen molar-refractivity contribution in [1.29, 1.82) is 0 Å². The standard InChI is InChI=1S/C40H76O9S3/c1-14-18-40(28-47-34(2,3)19-22-44-37(8,9)31(41)15-25-50,29-48-35(4,5)20-23-45-38(10,11)32(42)16-26-51)30-49-36(6,7)21-24-46-39(12,13)33(43)17-27-52/h50-52H,14-30H2,1-13H3. The second-order valence-electron chi connectivity index (χ2n) is 17.4. The number of rotatable bonds is 32. The molecule has 12 heteroatoms. The van der Waals surface area contributed by atoms with Crippen molar-refractivity contribution in [3.8, 4) is 0 Å². The fourth-order valence-corrected chi connectivity index (χ4v) is 5.85. The molecule has 308 valence electrons. The molecule has 0 radical (unpaired) electrons. The average Bonchev–Trinajstić information content (AvgIpc) is 3.01. The topological polar surface area (TPSA) is 107 Å². The smallest absolute Gasteiger partial charge is 0.164 e. The van der Waals surface area contributed by atoms with Crippen LogP contribution in [0.4, 0.5) is 0 Å². The third-order valence-electron chi connectivity index (χ3n) is 9.62. The first-order valence-corrected chi connectivity index (χ1v) is 20.9. The van der Waals surface area contributed by atoms with Gasteiger partial charge in [0, 0.05) is 24.7 Å². The highest BCUT2D eigenvalue weighted by Gasteiger charge is 2.39. The summed E-state index contributed by atoms with van der Waals surface area (Å²) in [6, 6.07) is 0. The van der Waals surface area contributed by atoms with Gasteiger partial charge < -0.3 is 28.4 Å². The number of hydrogen-bond donors (Lipinski definition) is 3. The molecule has 0 aliphatic rings. The van der Waals surface area contributed by atoms with E-state index < -0.39 is 39.0 Å². The molecule has 0 atom stereocenters. The highest BCUT2D eigenvalue weighted by molar-refractivity contribution is 7.80. The Hall–Kier alpha value is -0.180. The van der Waals surface area contributed by atoms with Gasteiger partial charge in [0.05, 0.1) is 56.4 Å². The van der Waals surface area contributed by atoms with E-state index in [0.717, 1.165) is 12.8 Å². The Labute approximate surface area is 334 Å². The van der Waals surface area contributed by atoms with E-state index in [4.69, 9.17) is 28.4 Å². The highest BCUT2D eigenvalue weighted by atomic mass is 32.1. The van der Waals surface area contributed by atoms with E-state index in [-0.39, 0.29) is 17.3 Å². The molecule has 0 N–H and O–H groups in total. The summed E-state index contributed by atoms with van der Waals surface area (Å²) in [4.78, 5) is 37.5. The summed E-state index contributed by atoms with van der Waals surface area (Å²) in [5, 5.41) is 0. The Morgan fingerprint density at radius 3 is 0.885 bits per heavy atom. The van der Waals surface area contributed by atoms with Crippen molar-refractivity contribution >= 4 is 55.2 Å². The predicted octanol–water partition coefficient (Wildman–Crippen LogP) is 8.38. The lowest BCUT2D eigenvalue weighted by Gasteiger charge is -2.41. The number of thiol groups is 3. The molecule has 0 spiro atoms. The van der Waals surface area contributed by atoms with Gasteiger partial charge in [0.2, 0.25) is 0 Å². The van der Waals surface area contributed by atoms with Crippen molar-refractivity contribution in [2.24, 2.45) is 5.41 Å². The van der Waals surface area contributed by atoms with Crippen LogP contribution in [0.3, 0.4) is 0 Å². The van der Waals surface area contributed by atoms with Gasteiger partial charge in [0.15, 0.2) is 17.3 Å². The average molecular weight is 797 g/mol. The van der Waals surface area contributed by atoms with Gasteiger partial charge in [-0.1, -0.05) is 13.3 Å². The van der Waals surface area contributed by atoms with E-state index in [9.17, 15) is 14.4 Å². The van der Waals surface area contributed by atoms with E-state index in [1.165, 1.54) is 0 Å². The number of carbonyl (C=O) groups is 3. The molecule has 0 amide bonds. The van der Waals surface area contributed by atoms with Crippen molar-refractivity contribution in [3.05, 3.63) is 0 Å². The number of carbonyl (C=O) groups excluding carboxylic acids is 3. The summed E-state index contributed by atoms with van der Waals surface area (Å²) in [6.07, 6.45) is 4.52. The van der Waals surface area contributed by atoms with E-state index in [0.29, 0.717) is 95.4 Å². The summed E-state index contributed by atoms with van der Waals surface area (Å²) in [5.74, 6) is 1.54. The minimum Gasteiger partial charge on any atom is -0.375 e. The normalized spacial score (nSPS) is 13.8. The van der Waals surface area contributed by atoms with Gasteiger partial charge in [-0.3, -0.25) is 14.4 Å². The minimum absolute atomic E-state index is 0.0270. The largest absolute Gasteiger partial charge is 0.375 e. The van der Waals surface area contributed by atoms with Crippen molar-refractivity contribution in [2.75, 3.05) is 56.9 Å². The summed E-state index contributed by atoms with van der Waals surface area (Å²) in [6.45, 7) is 27.4. The lowest BCUT2D eigenvalue weighted by molar-refractivity contribution is -0.172. The van der Waals surface area contributed by atoms with Crippen LogP contribution in [0.1, 0.15) is 141 Å². The number of hydrogen-bond acceptors (Lipinski definition) is 12. The first-order valence-electron chi connectivity index (χ1n) is 19.0. The summed E-state index contributed by atoms with van der Waals surface area (Å²) in [7, 11) is 0. The van der Waals surface area contributed by atoms with Gasteiger partial charge in [0.1, 0.15) is 16.8 Å². The van der Waals surface area contributed by atoms with Gasteiger partial charge in [-0.15, -0.1) is 0 Å². The van der Waals surface area contributed by atoms with Crippen molar-refractivity contribution in [3.63, 3.8) is 0 Å². The molecule has 0 aromatic carbocycles. The van der Waals surface area contributed by atoms with E-state index in [2.05, 4.69) is 44.8 Å². The van der Waals surface area contributed by atoms with Gasteiger partial charge >= 0.3 is 0 Å². The number of Topliss-reactive ketones (excluding diaryl/α,β-unsaturated/α-hetero) is 3. The zero-order valence-corrected chi connectivity index (χ0v) is 37.7. The molecule has 52 heavy (non-hydrogen) atoms. The van der Waals surface area contributed by atoms with Crippen LogP contribution in [0, 0.1) is 5.41 Å². The number of ether oxygens (including phenoxy) is 6. The van der Waals surface area contributed by atoms with Gasteiger partial charge in [-0.05, 0) is 126 Å². The third-order valence-corrected chi connectivity index (χ3v) is 10.3. The molecule has 0 saturated heterocycles. The summed E-state index contributed by atoms with van der Waals surface area (Å²) >= 11 is 12.6. The second-order valence-corrected chi connectivity index (χ2v) is 18.8. The minimum atomic E-state index is -0.888. The van der Waals surface area contributed by atoms with E-state index >= 15 is 0 Å². The molecule has 0 bridgehead atoms. The molecular weight excluding hydrogens is 721 g/mol. The van der Waals surface area contributed by atoms with Crippen LogP contribution in [0.2, 0.25) is 0 Å². The van der Waals surface area contributed by atoms with E-state index in [1.54, 1.807) is 41.5 Å². The Bertz CT molecular complexity index is 944. The van der Waals surface area contributed by atoms with Gasteiger partial charge in [0.25, 0.3) is 0 Å². The molecule has 0 aromatic rings. The SMILES string of the molecule is CCCC(COC(C)(C)CCOC(C)(C)C(=O)CCS)(COC(C)(C)CCOC(C)(C)C(=O)CCS)COC(C)(C)CCOC(C)(C)C(=O)CCS. The second kappa shape index (κ2) is 23.1. The maximum atomic E-state index is 12.5. The van der Waals surface area contributed by atoms with Gasteiger partial charge in [-0.2, -0.15) is 37.9 Å². The molecule has 0 fully saturated rings. The maximum absolute atomic E-state index is 12.5. The molecule has 0 aromatic heterocycles. The lowest BCUT2D eigenvalue weighted by Crippen LogP contribution is -2.46. The molecule has 0 aliphatic carbocycles. The third kappa shape index (κ3) is 20.7. The fraction of sp³-hybridized carbons (Fsp3) is 0.925. The van der Waals surface area contributed by atoms with Crippen LogP contribution in [0.25, 0.3) is 0 Å².